The number of piperidine rings is 1. The summed E-state index contributed by atoms with van der Waals surface area (Å²) in [5.41, 5.74) is 17.0. The summed E-state index contributed by atoms with van der Waals surface area (Å²) in [5, 5.41) is 60.5. The van der Waals surface area contributed by atoms with Crippen molar-refractivity contribution in [2.45, 2.75) is 152 Å². The van der Waals surface area contributed by atoms with Crippen LogP contribution < -0.4 is 32.2 Å². The second-order valence-corrected chi connectivity index (χ2v) is 26.1. The van der Waals surface area contributed by atoms with Crippen LogP contribution in [0.3, 0.4) is 0 Å². The molecule has 9 rings (SSSR count). The number of hydrogen-bond acceptors (Lipinski definition) is 15. The molecule has 5 atom stereocenters. The number of benzene rings is 5. The molecule has 12 N–H and O–H groups in total. The fourth-order valence-corrected chi connectivity index (χ4v) is 12.7. The first-order valence-corrected chi connectivity index (χ1v) is 33.3. The minimum atomic E-state index is -1.09. The van der Waals surface area contributed by atoms with Crippen LogP contribution in [0.2, 0.25) is 0 Å². The second-order valence-electron chi connectivity index (χ2n) is 24.9. The third-order valence-electron chi connectivity index (χ3n) is 17.6. The van der Waals surface area contributed by atoms with Crippen molar-refractivity contribution in [2.75, 3.05) is 83.6 Å². The van der Waals surface area contributed by atoms with E-state index in [0.717, 1.165) is 78.9 Å². The van der Waals surface area contributed by atoms with Gasteiger partial charge in [0.15, 0.2) is 11.5 Å². The first kappa shape index (κ1) is 73.5. The molecule has 2 bridgehead atoms. The highest BCUT2D eigenvalue weighted by atomic mass is 35.5. The standard InChI is InChI=1S/C37H52N4O5.C24H31ClN2O5.C6H7N.C4H10OS/c1-24(2)14-17-39-32(43)4-3-18-41(33(44)20-25-7-10-28(38)11-8-25)29-13-15-37(46)31-21-27-9-12-30(42)35(45)34(27)36(37,22-29)16-19-40(31)23-26-5-6-26;1-31-22-15-18(3-2-11-25)4-7-20(22)10-13-32-14-12-26-24(30)21-8-5-19(6-9-21)16-27-23(29)17-28;7-6-4-2-1-3-5-6;1-4(6)2-3-5/h7-12,24,26,29,31,42,45-46H,3-6,13-23,38H2,1-2H3,(H,39,43);4-9,15,28H,2-3,10-14,16-17H2,1H3,(H,26,30)(H,27,29);1-5H,7H2;4-6H,2-3H2,1H3/t29?,31?,36-,37?;;;/m0.../s1. The van der Waals surface area contributed by atoms with Gasteiger partial charge in [-0.2, -0.15) is 12.6 Å². The molecule has 2 saturated carbocycles. The summed E-state index contributed by atoms with van der Waals surface area (Å²) in [6, 6.07) is 33.2. The summed E-state index contributed by atoms with van der Waals surface area (Å²) in [7, 11) is 1.66. The fraction of sp³-hybridized carbons (Fsp3) is 0.521. The second kappa shape index (κ2) is 37.2. The molecule has 4 amide bonds. The number of hydrogen-bond donors (Lipinski definition) is 11. The van der Waals surface area contributed by atoms with Crippen LogP contribution in [-0.2, 0) is 56.8 Å². The number of phenolic OH excluding ortho intramolecular Hbond substituents is 2. The van der Waals surface area contributed by atoms with Crippen molar-refractivity contribution in [3.8, 4) is 17.2 Å². The van der Waals surface area contributed by atoms with Crippen LogP contribution in [0.4, 0.5) is 11.4 Å². The Balaban J connectivity index is 0.000000252. The van der Waals surface area contributed by atoms with Crippen molar-refractivity contribution in [3.63, 3.8) is 0 Å². The summed E-state index contributed by atoms with van der Waals surface area (Å²) in [6.45, 7) is 10.4. The topological polar surface area (TPSA) is 282 Å². The molecule has 1 aliphatic heterocycles. The number of fused-ring (bicyclic) bond motifs is 1. The molecule has 5 aromatic carbocycles. The number of anilines is 2. The van der Waals surface area contributed by atoms with Gasteiger partial charge in [-0.15, -0.1) is 11.6 Å². The van der Waals surface area contributed by atoms with E-state index in [1.165, 1.54) is 18.4 Å². The van der Waals surface area contributed by atoms with E-state index in [-0.39, 0.29) is 54.3 Å². The molecule has 498 valence electrons. The van der Waals surface area contributed by atoms with E-state index in [1.54, 1.807) is 49.6 Å². The Morgan fingerprint density at radius 3 is 2.12 bits per heavy atom. The van der Waals surface area contributed by atoms with Crippen molar-refractivity contribution < 1.29 is 54.2 Å². The minimum Gasteiger partial charge on any atom is -0.504 e. The molecule has 0 aromatic heterocycles. The molecule has 1 heterocycles. The maximum absolute atomic E-state index is 14.1. The Bertz CT molecular complexity index is 3050. The maximum atomic E-state index is 14.1. The Labute approximate surface area is 549 Å². The van der Waals surface area contributed by atoms with E-state index in [1.807, 2.05) is 66.4 Å². The van der Waals surface area contributed by atoms with Gasteiger partial charge in [0.05, 0.1) is 32.3 Å². The van der Waals surface area contributed by atoms with Crippen LogP contribution in [0.25, 0.3) is 0 Å². The third-order valence-corrected chi connectivity index (χ3v) is 18.1. The summed E-state index contributed by atoms with van der Waals surface area (Å²) < 4.78 is 11.1. The largest absolute Gasteiger partial charge is 0.504 e. The van der Waals surface area contributed by atoms with Crippen LogP contribution in [0.5, 0.6) is 17.2 Å². The molecular weight excluding hydrogens is 1190 g/mol. The van der Waals surface area contributed by atoms with Gasteiger partial charge in [-0.3, -0.25) is 24.1 Å². The van der Waals surface area contributed by atoms with Crippen molar-refractivity contribution in [2.24, 2.45) is 11.8 Å². The van der Waals surface area contributed by atoms with Crippen molar-refractivity contribution in [3.05, 3.63) is 148 Å². The molecule has 5 aromatic rings. The fourth-order valence-electron chi connectivity index (χ4n) is 12.4. The highest BCUT2D eigenvalue weighted by molar-refractivity contribution is 7.80. The number of carbonyl (C=O) groups is 4. The van der Waals surface area contributed by atoms with E-state index in [2.05, 4.69) is 59.5 Å². The van der Waals surface area contributed by atoms with Crippen LogP contribution in [0.15, 0.2) is 109 Å². The average Bonchev–Trinajstić information content (AvgIpc) is 0.872. The zero-order valence-corrected chi connectivity index (χ0v) is 55.4. The number of nitrogens with zero attached hydrogens (tertiary/aromatic N) is 2. The lowest BCUT2D eigenvalue weighted by Gasteiger charge is -2.65. The zero-order valence-electron chi connectivity index (χ0n) is 53.7. The number of halogens is 1. The molecule has 3 fully saturated rings. The summed E-state index contributed by atoms with van der Waals surface area (Å²) >= 11 is 9.78. The first-order valence-electron chi connectivity index (χ1n) is 32.3. The predicted octanol–water partition coefficient (Wildman–Crippen LogP) is 8.68. The molecule has 91 heavy (non-hydrogen) atoms. The van der Waals surface area contributed by atoms with Gasteiger partial charge in [-0.25, -0.2) is 0 Å². The van der Waals surface area contributed by atoms with E-state index < -0.39 is 23.5 Å². The number of methoxy groups -OCH3 is 1. The lowest BCUT2D eigenvalue weighted by atomic mass is 9.48. The van der Waals surface area contributed by atoms with Crippen molar-refractivity contribution >= 4 is 59.2 Å². The number of aliphatic hydroxyl groups excluding tert-OH is 2. The normalized spacial score (nSPS) is 19.1. The predicted molar refractivity (Wildman–Crippen MR) is 364 cm³/mol. The number of carbonyl (C=O) groups excluding carboxylic acids is 4. The van der Waals surface area contributed by atoms with Crippen molar-refractivity contribution in [1.82, 2.24) is 25.8 Å². The number of likely N-dealkylation sites (tertiary alicyclic amines) is 1. The van der Waals surface area contributed by atoms with Gasteiger partial charge in [0.2, 0.25) is 17.7 Å². The van der Waals surface area contributed by atoms with Crippen LogP contribution in [0, 0.1) is 11.8 Å². The minimum absolute atomic E-state index is 0.00400. The maximum Gasteiger partial charge on any atom is 0.251 e. The van der Waals surface area contributed by atoms with Gasteiger partial charge in [0, 0.05) is 96.9 Å². The van der Waals surface area contributed by atoms with Gasteiger partial charge >= 0.3 is 0 Å². The highest BCUT2D eigenvalue weighted by Crippen LogP contribution is 2.62. The number of phenols is 2. The molecule has 18 nitrogen and oxygen atoms in total. The summed E-state index contributed by atoms with van der Waals surface area (Å²) in [4.78, 5) is 54.5. The van der Waals surface area contributed by atoms with E-state index in [4.69, 9.17) is 42.8 Å². The Kier molecular flexibility index (Phi) is 30.0. The molecule has 4 aliphatic rings. The Morgan fingerprint density at radius 1 is 0.791 bits per heavy atom. The molecule has 20 heteroatoms. The number of nitrogens with one attached hydrogen (secondary N) is 3. The van der Waals surface area contributed by atoms with E-state index in [0.29, 0.717) is 124 Å². The lowest BCUT2D eigenvalue weighted by Crippen LogP contribution is -2.74. The molecule has 4 unspecified atom stereocenters. The number of aromatic hydroxyl groups is 2. The average molecular weight is 1300 g/mol. The summed E-state index contributed by atoms with van der Waals surface area (Å²) in [5.74, 6) is 1.74. The number of aliphatic hydroxyl groups is 3. The molecule has 1 saturated heterocycles. The number of alkyl halides is 1. The third kappa shape index (κ3) is 22.3. The van der Waals surface area contributed by atoms with Gasteiger partial charge in [-0.05, 0) is 178 Å². The van der Waals surface area contributed by atoms with E-state index >= 15 is 0 Å². The van der Waals surface area contributed by atoms with Crippen LogP contribution in [0.1, 0.15) is 135 Å². The van der Waals surface area contributed by atoms with Gasteiger partial charge in [-0.1, -0.05) is 81.4 Å². The number of thiol groups is 1. The monoisotopic (exact) mass is 1290 g/mol. The number of nitrogens with two attached hydrogens (primary N) is 2. The quantitative estimate of drug-likeness (QED) is 0.00735. The van der Waals surface area contributed by atoms with Gasteiger partial charge < -0.3 is 67.3 Å². The van der Waals surface area contributed by atoms with Crippen molar-refractivity contribution in [1.29, 1.82) is 0 Å². The number of nitrogen functional groups attached to an aromatic ring is 2. The molecule has 0 radical (unpaired) electrons. The van der Waals surface area contributed by atoms with Crippen LogP contribution >= 0.6 is 24.2 Å². The number of amides is 4. The van der Waals surface area contributed by atoms with Crippen LogP contribution in [-0.4, -0.2) is 154 Å². The zero-order chi connectivity index (χ0) is 65.9. The Hall–Kier alpha value is -6.58. The van der Waals surface area contributed by atoms with E-state index in [9.17, 15) is 34.5 Å². The molecular formula is C71H100ClN7O11S. The number of ether oxygens (including phenoxy) is 2. The number of aryl methyl sites for hydroxylation is 1. The van der Waals surface area contributed by atoms with Gasteiger partial charge in [0.1, 0.15) is 12.4 Å². The first-order chi connectivity index (χ1) is 43.7. The smallest absolute Gasteiger partial charge is 0.251 e. The molecule has 3 aliphatic carbocycles. The number of para-hydroxylation sites is 1. The SMILES string of the molecule is CC(C)CCNC(=O)CCCN(C(=O)Cc1ccc(N)cc1)C1CCC2(O)C3Cc4ccc(O)c(O)c4[C@]2(CCN3CC2CC2)C1.CC(S)CCO.COc1cc(CCCCl)ccc1CCOCCNC(=O)c1ccc(CNC(=O)CO)cc1.Nc1ccccc1. The Morgan fingerprint density at radius 2 is 1.49 bits per heavy atom. The highest BCUT2D eigenvalue weighted by Gasteiger charge is 2.66. The summed E-state index contributed by atoms with van der Waals surface area (Å²) in [6.07, 6.45) is 10.8. The lowest BCUT2D eigenvalue weighted by molar-refractivity contribution is -0.180. The van der Waals surface area contributed by atoms with Gasteiger partial charge in [0.25, 0.3) is 5.91 Å². The number of rotatable bonds is 28. The molecule has 0 spiro atoms.